The van der Waals surface area contributed by atoms with Gasteiger partial charge in [-0.05, 0) is 31.4 Å². The van der Waals surface area contributed by atoms with Crippen LogP contribution in [-0.2, 0) is 4.79 Å². The minimum atomic E-state index is -0.376. The number of rotatable bonds is 4. The number of furan rings is 1. The highest BCUT2D eigenvalue weighted by molar-refractivity contribution is 7.13. The van der Waals surface area contributed by atoms with Crippen molar-refractivity contribution in [3.63, 3.8) is 0 Å². The largest absolute Gasteiger partial charge is 0.462 e. The molecule has 6 nitrogen and oxygen atoms in total. The van der Waals surface area contributed by atoms with Crippen LogP contribution < -0.4 is 5.73 Å². The van der Waals surface area contributed by atoms with Crippen LogP contribution in [-0.4, -0.2) is 34.3 Å². The second-order valence-electron chi connectivity index (χ2n) is 5.33. The number of carbonyl (C=O) groups is 2. The lowest BCUT2D eigenvalue weighted by Gasteiger charge is -2.34. The van der Waals surface area contributed by atoms with E-state index >= 15 is 0 Å². The van der Waals surface area contributed by atoms with Crippen molar-refractivity contribution in [3.05, 3.63) is 29.5 Å². The van der Waals surface area contributed by atoms with E-state index < -0.39 is 0 Å². The number of nitrogens with two attached hydrogens (primary N) is 1. The lowest BCUT2D eigenvalue weighted by atomic mass is 9.98. The van der Waals surface area contributed by atoms with Gasteiger partial charge < -0.3 is 15.1 Å². The van der Waals surface area contributed by atoms with Gasteiger partial charge in [-0.3, -0.25) is 9.59 Å². The Morgan fingerprint density at radius 3 is 3.05 bits per heavy atom. The van der Waals surface area contributed by atoms with Crippen LogP contribution in [0.4, 0.5) is 0 Å². The fourth-order valence-corrected chi connectivity index (χ4v) is 3.51. The van der Waals surface area contributed by atoms with Crippen LogP contribution in [0.25, 0.3) is 10.8 Å². The molecule has 3 heterocycles. The van der Waals surface area contributed by atoms with Gasteiger partial charge in [0.25, 0.3) is 5.91 Å². The number of carbonyl (C=O) groups excluding carboxylic acids is 2. The third-order valence-corrected chi connectivity index (χ3v) is 4.64. The molecule has 22 heavy (non-hydrogen) atoms. The topological polar surface area (TPSA) is 89.4 Å². The Morgan fingerprint density at radius 2 is 2.32 bits per heavy atom. The molecule has 1 fully saturated rings. The summed E-state index contributed by atoms with van der Waals surface area (Å²) in [6.45, 7) is 0.643. The maximum Gasteiger partial charge on any atom is 0.273 e. The van der Waals surface area contributed by atoms with Crippen molar-refractivity contribution in [1.29, 1.82) is 0 Å². The fourth-order valence-electron chi connectivity index (χ4n) is 2.74. The summed E-state index contributed by atoms with van der Waals surface area (Å²) >= 11 is 1.37. The minimum absolute atomic E-state index is 0.118. The Bertz CT molecular complexity index is 665. The molecule has 1 aliphatic heterocycles. The first-order chi connectivity index (χ1) is 10.6. The third-order valence-electron chi connectivity index (χ3n) is 3.78. The molecule has 7 heteroatoms. The van der Waals surface area contributed by atoms with Gasteiger partial charge in [-0.1, -0.05) is 0 Å². The Hall–Kier alpha value is -2.15. The number of piperidine rings is 1. The van der Waals surface area contributed by atoms with Gasteiger partial charge in [-0.25, -0.2) is 4.98 Å². The Kier molecular flexibility index (Phi) is 4.24. The zero-order valence-electron chi connectivity index (χ0n) is 12.0. The number of amides is 2. The molecule has 0 spiro atoms. The summed E-state index contributed by atoms with van der Waals surface area (Å²) in [6.07, 6.45) is 4.54. The zero-order chi connectivity index (χ0) is 15.5. The van der Waals surface area contributed by atoms with Crippen molar-refractivity contribution in [2.75, 3.05) is 6.54 Å². The quantitative estimate of drug-likeness (QED) is 0.936. The van der Waals surface area contributed by atoms with Crippen LogP contribution in [0.2, 0.25) is 0 Å². The predicted octanol–water partition coefficient (Wildman–Crippen LogP) is 2.27. The summed E-state index contributed by atoms with van der Waals surface area (Å²) in [6, 6.07) is 3.47. The number of hydrogen-bond donors (Lipinski definition) is 1. The van der Waals surface area contributed by atoms with Gasteiger partial charge >= 0.3 is 0 Å². The normalized spacial score (nSPS) is 18.4. The average molecular weight is 319 g/mol. The van der Waals surface area contributed by atoms with Gasteiger partial charge in [0.15, 0.2) is 10.8 Å². The highest BCUT2D eigenvalue weighted by atomic mass is 32.1. The molecule has 2 amide bonds. The Labute approximate surface area is 131 Å². The summed E-state index contributed by atoms with van der Waals surface area (Å²) in [5.41, 5.74) is 5.69. The maximum atomic E-state index is 12.7. The van der Waals surface area contributed by atoms with Crippen LogP contribution in [0.3, 0.4) is 0 Å². The highest BCUT2D eigenvalue weighted by Gasteiger charge is 2.30. The number of primary amides is 1. The molecule has 0 radical (unpaired) electrons. The second kappa shape index (κ2) is 6.31. The smallest absolute Gasteiger partial charge is 0.273 e. The van der Waals surface area contributed by atoms with Crippen LogP contribution in [0.1, 0.15) is 36.2 Å². The van der Waals surface area contributed by atoms with Gasteiger partial charge in [-0.2, -0.15) is 0 Å². The van der Waals surface area contributed by atoms with E-state index in [9.17, 15) is 9.59 Å². The summed E-state index contributed by atoms with van der Waals surface area (Å²) in [7, 11) is 0. The van der Waals surface area contributed by atoms with Gasteiger partial charge in [0.2, 0.25) is 5.91 Å². The molecule has 3 rings (SSSR count). The second-order valence-corrected chi connectivity index (χ2v) is 6.19. The number of nitrogens with zero attached hydrogens (tertiary/aromatic N) is 2. The number of thiazole rings is 1. The van der Waals surface area contributed by atoms with E-state index in [1.165, 1.54) is 11.3 Å². The van der Waals surface area contributed by atoms with Crippen molar-refractivity contribution in [1.82, 2.24) is 9.88 Å². The fraction of sp³-hybridized carbons (Fsp3) is 0.400. The first-order valence-electron chi connectivity index (χ1n) is 7.24. The molecular formula is C15H17N3O3S. The lowest BCUT2D eigenvalue weighted by Crippen LogP contribution is -2.45. The van der Waals surface area contributed by atoms with E-state index in [0.29, 0.717) is 23.0 Å². The summed E-state index contributed by atoms with van der Waals surface area (Å²) < 4.78 is 5.29. The molecule has 2 N–H and O–H groups in total. The number of aromatic nitrogens is 1. The Morgan fingerprint density at radius 1 is 1.45 bits per heavy atom. The summed E-state index contributed by atoms with van der Waals surface area (Å²) in [5, 5.41) is 2.41. The standard InChI is InChI=1S/C15H17N3O3S/c16-13(19)8-10-4-1-2-6-18(10)15(20)11-9-22-14(17-11)12-5-3-7-21-12/h3,5,7,9-10H,1-2,4,6,8H2,(H2,16,19). The molecular weight excluding hydrogens is 302 g/mol. The van der Waals surface area contributed by atoms with E-state index in [-0.39, 0.29) is 24.3 Å². The predicted molar refractivity (Wildman–Crippen MR) is 82.3 cm³/mol. The van der Waals surface area contributed by atoms with E-state index in [2.05, 4.69) is 4.98 Å². The molecule has 2 aromatic heterocycles. The van der Waals surface area contributed by atoms with Crippen molar-refractivity contribution >= 4 is 23.2 Å². The molecule has 1 atom stereocenters. The van der Waals surface area contributed by atoms with Crippen LogP contribution in [0.5, 0.6) is 0 Å². The highest BCUT2D eigenvalue weighted by Crippen LogP contribution is 2.26. The maximum absolute atomic E-state index is 12.7. The summed E-state index contributed by atoms with van der Waals surface area (Å²) in [4.78, 5) is 29.9. The zero-order valence-corrected chi connectivity index (χ0v) is 12.8. The van der Waals surface area contributed by atoms with Gasteiger partial charge in [0.05, 0.1) is 6.26 Å². The number of likely N-dealkylation sites (tertiary alicyclic amines) is 1. The Balaban J connectivity index is 1.78. The van der Waals surface area contributed by atoms with Crippen molar-refractivity contribution in [2.45, 2.75) is 31.7 Å². The molecule has 0 aromatic carbocycles. The number of hydrogen-bond acceptors (Lipinski definition) is 5. The first kappa shape index (κ1) is 14.8. The van der Waals surface area contributed by atoms with E-state index in [0.717, 1.165) is 19.3 Å². The van der Waals surface area contributed by atoms with E-state index in [4.69, 9.17) is 10.2 Å². The van der Waals surface area contributed by atoms with Crippen molar-refractivity contribution in [2.24, 2.45) is 5.73 Å². The molecule has 0 bridgehead atoms. The van der Waals surface area contributed by atoms with Gasteiger partial charge in [0, 0.05) is 24.4 Å². The van der Waals surface area contributed by atoms with Gasteiger partial charge in [0.1, 0.15) is 5.69 Å². The SMILES string of the molecule is NC(=O)CC1CCCCN1C(=O)c1csc(-c2ccco2)n1. The molecule has 1 saturated heterocycles. The van der Waals surface area contributed by atoms with E-state index in [1.54, 1.807) is 22.6 Å². The molecule has 1 unspecified atom stereocenters. The molecule has 2 aromatic rings. The average Bonchev–Trinajstić information content (AvgIpc) is 3.17. The third kappa shape index (κ3) is 3.04. The van der Waals surface area contributed by atoms with Crippen molar-refractivity contribution < 1.29 is 14.0 Å². The van der Waals surface area contributed by atoms with Crippen LogP contribution in [0.15, 0.2) is 28.2 Å². The first-order valence-corrected chi connectivity index (χ1v) is 8.12. The monoisotopic (exact) mass is 319 g/mol. The van der Waals surface area contributed by atoms with Gasteiger partial charge in [-0.15, -0.1) is 11.3 Å². The molecule has 116 valence electrons. The minimum Gasteiger partial charge on any atom is -0.462 e. The molecule has 1 aliphatic rings. The van der Waals surface area contributed by atoms with Crippen LogP contribution in [0, 0.1) is 0 Å². The van der Waals surface area contributed by atoms with Crippen LogP contribution >= 0.6 is 11.3 Å². The molecule has 0 saturated carbocycles. The van der Waals surface area contributed by atoms with Crippen molar-refractivity contribution in [3.8, 4) is 10.8 Å². The van der Waals surface area contributed by atoms with E-state index in [1.807, 2.05) is 6.07 Å². The molecule has 0 aliphatic carbocycles. The summed E-state index contributed by atoms with van der Waals surface area (Å²) in [5.74, 6) is 0.135. The lowest BCUT2D eigenvalue weighted by molar-refractivity contribution is -0.119.